The van der Waals surface area contributed by atoms with Crippen molar-refractivity contribution < 1.29 is 22.9 Å². The fraction of sp³-hybridized carbons (Fsp3) is 0.375. The molecule has 0 bridgehead atoms. The number of rotatable bonds is 9. The van der Waals surface area contributed by atoms with Gasteiger partial charge in [0.15, 0.2) is 0 Å². The number of alkyl halides is 3. The topological polar surface area (TPSA) is 102 Å². The number of nitro groups is 1. The van der Waals surface area contributed by atoms with Crippen molar-refractivity contribution >= 4 is 17.3 Å². The van der Waals surface area contributed by atoms with Gasteiger partial charge in [0.1, 0.15) is 5.69 Å². The van der Waals surface area contributed by atoms with Gasteiger partial charge in [-0.2, -0.15) is 13.2 Å². The van der Waals surface area contributed by atoms with Crippen molar-refractivity contribution in [1.29, 1.82) is 0 Å². The van der Waals surface area contributed by atoms with Gasteiger partial charge < -0.3 is 15.2 Å². The largest absolute Gasteiger partial charge is 0.416 e. The Morgan fingerprint density at radius 2 is 2.07 bits per heavy atom. The summed E-state index contributed by atoms with van der Waals surface area (Å²) in [6.07, 6.45) is 1.21. The third-order valence-electron chi connectivity index (χ3n) is 3.66. The predicted molar refractivity (Wildman–Crippen MR) is 91.1 cm³/mol. The molecule has 1 amide bonds. The van der Waals surface area contributed by atoms with Crippen LogP contribution in [0, 0.1) is 10.1 Å². The number of imidazole rings is 1. The zero-order chi connectivity index (χ0) is 19.9. The maximum absolute atomic E-state index is 12.7. The van der Waals surface area contributed by atoms with Crippen LogP contribution in [0.1, 0.15) is 18.4 Å². The van der Waals surface area contributed by atoms with Crippen molar-refractivity contribution in [3.05, 3.63) is 52.6 Å². The minimum absolute atomic E-state index is 0.0310. The standard InChI is InChI=1S/C16H18F3N5O3/c17-16(18,19)12-2-3-13(14(10-12)24(26)27)21-6-4-15(25)22-5-1-8-23-9-7-20-11-23/h2-3,7,9-11,21H,1,4-6,8H2,(H,22,25). The fourth-order valence-corrected chi connectivity index (χ4v) is 2.32. The van der Waals surface area contributed by atoms with E-state index in [0.29, 0.717) is 25.6 Å². The lowest BCUT2D eigenvalue weighted by atomic mass is 10.1. The molecule has 0 unspecified atom stereocenters. The molecule has 1 heterocycles. The number of hydrogen-bond acceptors (Lipinski definition) is 5. The molecule has 2 N–H and O–H groups in total. The highest BCUT2D eigenvalue weighted by Crippen LogP contribution is 2.34. The number of aromatic nitrogens is 2. The van der Waals surface area contributed by atoms with Crippen LogP contribution in [0.4, 0.5) is 24.5 Å². The summed E-state index contributed by atoms with van der Waals surface area (Å²) < 4.78 is 39.8. The van der Waals surface area contributed by atoms with E-state index >= 15 is 0 Å². The van der Waals surface area contributed by atoms with Gasteiger partial charge in [0.25, 0.3) is 5.69 Å². The van der Waals surface area contributed by atoms with E-state index in [1.54, 1.807) is 12.5 Å². The molecular formula is C16H18F3N5O3. The Kier molecular flexibility index (Phi) is 6.74. The second-order valence-electron chi connectivity index (χ2n) is 5.67. The average molecular weight is 385 g/mol. The van der Waals surface area contributed by atoms with Gasteiger partial charge in [-0.15, -0.1) is 0 Å². The van der Waals surface area contributed by atoms with E-state index in [0.717, 1.165) is 12.1 Å². The SMILES string of the molecule is O=C(CCNc1ccc(C(F)(F)F)cc1[N+](=O)[O-])NCCCn1ccnc1. The Bertz CT molecular complexity index is 778. The second-order valence-corrected chi connectivity index (χ2v) is 5.67. The fourth-order valence-electron chi connectivity index (χ4n) is 2.32. The molecule has 2 rings (SSSR count). The van der Waals surface area contributed by atoms with E-state index in [2.05, 4.69) is 15.6 Å². The maximum Gasteiger partial charge on any atom is 0.416 e. The van der Waals surface area contributed by atoms with Crippen LogP contribution in [-0.4, -0.2) is 33.5 Å². The normalized spacial score (nSPS) is 11.2. The first-order valence-electron chi connectivity index (χ1n) is 8.09. The summed E-state index contributed by atoms with van der Waals surface area (Å²) in [4.78, 5) is 25.7. The van der Waals surface area contributed by atoms with Gasteiger partial charge in [-0.05, 0) is 18.6 Å². The van der Waals surface area contributed by atoms with Crippen LogP contribution in [0.25, 0.3) is 0 Å². The van der Waals surface area contributed by atoms with Crippen molar-refractivity contribution in [1.82, 2.24) is 14.9 Å². The number of anilines is 1. The smallest absolute Gasteiger partial charge is 0.379 e. The summed E-state index contributed by atoms with van der Waals surface area (Å²) >= 11 is 0. The van der Waals surface area contributed by atoms with Gasteiger partial charge in [-0.1, -0.05) is 0 Å². The summed E-state index contributed by atoms with van der Waals surface area (Å²) in [6.45, 7) is 1.22. The minimum Gasteiger partial charge on any atom is -0.379 e. The number of hydrogen-bond donors (Lipinski definition) is 2. The van der Waals surface area contributed by atoms with E-state index in [1.807, 2.05) is 10.8 Å². The Hall–Kier alpha value is -3.11. The minimum atomic E-state index is -4.67. The van der Waals surface area contributed by atoms with Gasteiger partial charge in [0, 0.05) is 44.5 Å². The van der Waals surface area contributed by atoms with Crippen molar-refractivity contribution in [2.24, 2.45) is 0 Å². The quantitative estimate of drug-likeness (QED) is 0.393. The average Bonchev–Trinajstić information content (AvgIpc) is 3.11. The van der Waals surface area contributed by atoms with Crippen LogP contribution in [-0.2, 0) is 17.5 Å². The molecule has 2 aromatic rings. The van der Waals surface area contributed by atoms with Gasteiger partial charge >= 0.3 is 6.18 Å². The van der Waals surface area contributed by atoms with E-state index < -0.39 is 22.4 Å². The summed E-state index contributed by atoms with van der Waals surface area (Å²) in [7, 11) is 0. The molecule has 146 valence electrons. The van der Waals surface area contributed by atoms with Crippen molar-refractivity contribution in [2.75, 3.05) is 18.4 Å². The number of carbonyl (C=O) groups excluding carboxylic acids is 1. The molecule has 0 fully saturated rings. The van der Waals surface area contributed by atoms with Gasteiger partial charge in [-0.25, -0.2) is 4.98 Å². The monoisotopic (exact) mass is 385 g/mol. The van der Waals surface area contributed by atoms with E-state index in [4.69, 9.17) is 0 Å². The molecule has 11 heteroatoms. The number of halogens is 3. The van der Waals surface area contributed by atoms with E-state index in [1.165, 1.54) is 0 Å². The number of nitrogens with one attached hydrogen (secondary N) is 2. The highest BCUT2D eigenvalue weighted by Gasteiger charge is 2.33. The molecule has 1 aromatic heterocycles. The van der Waals surface area contributed by atoms with E-state index in [9.17, 15) is 28.1 Å². The van der Waals surface area contributed by atoms with E-state index in [-0.39, 0.29) is 24.6 Å². The third kappa shape index (κ3) is 6.28. The lowest BCUT2D eigenvalue weighted by Gasteiger charge is -2.11. The first-order chi connectivity index (χ1) is 12.8. The summed E-state index contributed by atoms with van der Waals surface area (Å²) in [6, 6.07) is 2.22. The molecule has 0 spiro atoms. The Morgan fingerprint density at radius 3 is 2.70 bits per heavy atom. The molecular weight excluding hydrogens is 367 g/mol. The lowest BCUT2D eigenvalue weighted by Crippen LogP contribution is -2.27. The number of nitrogens with zero attached hydrogens (tertiary/aromatic N) is 3. The van der Waals surface area contributed by atoms with Crippen molar-refractivity contribution in [2.45, 2.75) is 25.6 Å². The summed E-state index contributed by atoms with van der Waals surface area (Å²) in [5.41, 5.74) is -1.86. The number of aryl methyl sites for hydroxylation is 1. The Balaban J connectivity index is 1.78. The molecule has 0 saturated heterocycles. The van der Waals surface area contributed by atoms with Crippen LogP contribution < -0.4 is 10.6 Å². The molecule has 0 aliphatic carbocycles. The number of carbonyl (C=O) groups is 1. The molecule has 0 aliphatic heterocycles. The van der Waals surface area contributed by atoms with Crippen LogP contribution in [0.2, 0.25) is 0 Å². The van der Waals surface area contributed by atoms with Crippen LogP contribution in [0.3, 0.4) is 0 Å². The van der Waals surface area contributed by atoms with Crippen LogP contribution in [0.5, 0.6) is 0 Å². The Morgan fingerprint density at radius 1 is 1.30 bits per heavy atom. The third-order valence-corrected chi connectivity index (χ3v) is 3.66. The molecule has 1 aromatic carbocycles. The second kappa shape index (κ2) is 9.01. The highest BCUT2D eigenvalue weighted by atomic mass is 19.4. The van der Waals surface area contributed by atoms with Gasteiger partial charge in [0.05, 0.1) is 16.8 Å². The van der Waals surface area contributed by atoms with Crippen LogP contribution >= 0.6 is 0 Å². The first kappa shape index (κ1) is 20.2. The molecule has 0 saturated carbocycles. The van der Waals surface area contributed by atoms with Gasteiger partial charge in [0.2, 0.25) is 5.91 Å². The molecule has 27 heavy (non-hydrogen) atoms. The summed E-state index contributed by atoms with van der Waals surface area (Å²) in [5, 5.41) is 16.3. The zero-order valence-electron chi connectivity index (χ0n) is 14.2. The lowest BCUT2D eigenvalue weighted by molar-refractivity contribution is -0.384. The zero-order valence-corrected chi connectivity index (χ0v) is 14.2. The maximum atomic E-state index is 12.7. The Labute approximate surface area is 152 Å². The number of benzene rings is 1. The number of nitro benzene ring substituents is 1. The van der Waals surface area contributed by atoms with Crippen molar-refractivity contribution in [3.63, 3.8) is 0 Å². The molecule has 0 radical (unpaired) electrons. The molecule has 0 atom stereocenters. The van der Waals surface area contributed by atoms with Gasteiger partial charge in [-0.3, -0.25) is 14.9 Å². The van der Waals surface area contributed by atoms with Crippen molar-refractivity contribution in [3.8, 4) is 0 Å². The summed E-state index contributed by atoms with van der Waals surface area (Å²) in [5.74, 6) is -0.261. The first-order valence-corrected chi connectivity index (χ1v) is 8.09. The molecule has 8 nitrogen and oxygen atoms in total. The molecule has 0 aliphatic rings. The predicted octanol–water partition coefficient (Wildman–Crippen LogP) is 2.82. The van der Waals surface area contributed by atoms with Crippen LogP contribution in [0.15, 0.2) is 36.9 Å². The number of amides is 1. The highest BCUT2D eigenvalue weighted by molar-refractivity contribution is 5.76.